The molecule has 0 spiro atoms. The molecule has 0 saturated heterocycles. The number of rotatable bonds is 4. The third-order valence-corrected chi connectivity index (χ3v) is 6.32. The Morgan fingerprint density at radius 3 is 2.63 bits per heavy atom. The Labute approximate surface area is 168 Å². The molecule has 3 heterocycles. The molecule has 12 heteroatoms. The van der Waals surface area contributed by atoms with Gasteiger partial charge in [0.1, 0.15) is 17.1 Å². The number of fused-ring (bicyclic) bond motifs is 2. The molecule has 1 aromatic carbocycles. The first-order valence-corrected chi connectivity index (χ1v) is 10.3. The minimum Gasteiger partial charge on any atom is -0.506 e. The number of alkyl halides is 3. The highest BCUT2D eigenvalue weighted by atomic mass is 32.2. The van der Waals surface area contributed by atoms with Crippen LogP contribution in [0.2, 0.25) is 0 Å². The highest BCUT2D eigenvalue weighted by molar-refractivity contribution is 7.91. The number of aromatic hydroxyl groups is 1. The number of hydrogen-bond donors (Lipinski definition) is 1. The molecule has 1 aliphatic heterocycles. The van der Waals surface area contributed by atoms with E-state index in [1.807, 2.05) is 0 Å². The van der Waals surface area contributed by atoms with Crippen LogP contribution in [-0.4, -0.2) is 40.9 Å². The summed E-state index contributed by atoms with van der Waals surface area (Å²) >= 11 is 0. The third kappa shape index (κ3) is 3.32. The SMILES string of the molecule is CCS(=O)(=O)c1c(N2Cc3ccc(OC(F)(F)F)cc3C2=O)nc2ccc(O)cn12. The second-order valence-electron chi connectivity index (χ2n) is 6.52. The monoisotopic (exact) mass is 441 g/mol. The Morgan fingerprint density at radius 2 is 1.97 bits per heavy atom. The summed E-state index contributed by atoms with van der Waals surface area (Å²) in [5.41, 5.74) is 0.533. The summed E-state index contributed by atoms with van der Waals surface area (Å²) < 4.78 is 67.9. The van der Waals surface area contributed by atoms with Gasteiger partial charge in [-0.05, 0) is 29.8 Å². The first-order valence-electron chi connectivity index (χ1n) is 8.64. The van der Waals surface area contributed by atoms with E-state index in [1.54, 1.807) is 0 Å². The van der Waals surface area contributed by atoms with Crippen molar-refractivity contribution in [2.75, 3.05) is 10.7 Å². The number of imidazole rings is 1. The maximum atomic E-state index is 12.9. The van der Waals surface area contributed by atoms with E-state index in [0.717, 1.165) is 27.6 Å². The maximum absolute atomic E-state index is 12.9. The van der Waals surface area contributed by atoms with Crippen LogP contribution < -0.4 is 9.64 Å². The Hall–Kier alpha value is -3.28. The van der Waals surface area contributed by atoms with Crippen LogP contribution in [0, 0.1) is 0 Å². The van der Waals surface area contributed by atoms with Crippen molar-refractivity contribution in [1.82, 2.24) is 9.38 Å². The van der Waals surface area contributed by atoms with Crippen LogP contribution in [0.15, 0.2) is 41.6 Å². The van der Waals surface area contributed by atoms with Crippen LogP contribution in [0.1, 0.15) is 22.8 Å². The van der Waals surface area contributed by atoms with Crippen molar-refractivity contribution in [1.29, 1.82) is 0 Å². The predicted molar refractivity (Wildman–Crippen MR) is 98.2 cm³/mol. The number of nitrogens with zero attached hydrogens (tertiary/aromatic N) is 3. The molecule has 158 valence electrons. The zero-order chi connectivity index (χ0) is 21.8. The van der Waals surface area contributed by atoms with Gasteiger partial charge in [-0.2, -0.15) is 0 Å². The lowest BCUT2D eigenvalue weighted by Crippen LogP contribution is -2.26. The van der Waals surface area contributed by atoms with E-state index in [1.165, 1.54) is 25.1 Å². The van der Waals surface area contributed by atoms with Gasteiger partial charge in [-0.15, -0.1) is 13.2 Å². The molecule has 8 nitrogen and oxygen atoms in total. The van der Waals surface area contributed by atoms with E-state index in [9.17, 15) is 31.5 Å². The van der Waals surface area contributed by atoms with Crippen molar-refractivity contribution >= 4 is 27.2 Å². The number of ether oxygens (including phenoxy) is 1. The predicted octanol–water partition coefficient (Wildman–Crippen LogP) is 2.89. The van der Waals surface area contributed by atoms with E-state index in [0.29, 0.717) is 5.56 Å². The van der Waals surface area contributed by atoms with Crippen molar-refractivity contribution in [3.8, 4) is 11.5 Å². The quantitative estimate of drug-likeness (QED) is 0.668. The fourth-order valence-corrected chi connectivity index (χ4v) is 4.40. The summed E-state index contributed by atoms with van der Waals surface area (Å²) in [6.07, 6.45) is -3.75. The first-order chi connectivity index (χ1) is 14.0. The van der Waals surface area contributed by atoms with Gasteiger partial charge in [-0.25, -0.2) is 13.4 Å². The van der Waals surface area contributed by atoms with Gasteiger partial charge >= 0.3 is 6.36 Å². The molecule has 4 rings (SSSR count). The smallest absolute Gasteiger partial charge is 0.506 e. The van der Waals surface area contributed by atoms with Crippen LogP contribution in [0.4, 0.5) is 19.0 Å². The van der Waals surface area contributed by atoms with Crippen molar-refractivity contribution in [2.45, 2.75) is 24.9 Å². The molecule has 0 saturated carbocycles. The van der Waals surface area contributed by atoms with Gasteiger partial charge in [0.05, 0.1) is 18.5 Å². The molecule has 0 aliphatic carbocycles. The number of halogens is 3. The van der Waals surface area contributed by atoms with Crippen LogP contribution in [-0.2, 0) is 16.4 Å². The van der Waals surface area contributed by atoms with E-state index in [4.69, 9.17) is 0 Å². The van der Waals surface area contributed by atoms with Crippen LogP contribution in [0.5, 0.6) is 11.5 Å². The van der Waals surface area contributed by atoms with Crippen LogP contribution in [0.25, 0.3) is 5.65 Å². The topological polar surface area (TPSA) is 101 Å². The maximum Gasteiger partial charge on any atom is 0.573 e. The molecule has 0 atom stereocenters. The third-order valence-electron chi connectivity index (χ3n) is 4.59. The number of benzene rings is 1. The van der Waals surface area contributed by atoms with E-state index < -0.39 is 27.9 Å². The van der Waals surface area contributed by atoms with Gasteiger partial charge in [-0.1, -0.05) is 13.0 Å². The highest BCUT2D eigenvalue weighted by Gasteiger charge is 2.37. The van der Waals surface area contributed by atoms with Crippen molar-refractivity contribution < 1.29 is 36.2 Å². The molecule has 3 aromatic rings. The molecular weight excluding hydrogens is 427 g/mol. The molecule has 0 fully saturated rings. The summed E-state index contributed by atoms with van der Waals surface area (Å²) in [6, 6.07) is 6.05. The number of pyridine rings is 1. The second kappa shape index (κ2) is 6.62. The number of amides is 1. The van der Waals surface area contributed by atoms with Gasteiger partial charge in [0.15, 0.2) is 20.7 Å². The number of hydrogen-bond acceptors (Lipinski definition) is 6. The van der Waals surface area contributed by atoms with Crippen molar-refractivity contribution in [3.63, 3.8) is 0 Å². The Morgan fingerprint density at radius 1 is 1.23 bits per heavy atom. The standard InChI is InChI=1S/C18H14F3N3O5S/c1-2-30(27,28)17-15(22-14-6-4-11(25)9-23(14)17)24-8-10-3-5-12(29-18(19,20)21)7-13(10)16(24)26/h3-7,9,25H,2,8H2,1H3. The summed E-state index contributed by atoms with van der Waals surface area (Å²) in [7, 11) is -3.89. The molecule has 0 radical (unpaired) electrons. The van der Waals surface area contributed by atoms with Crippen LogP contribution >= 0.6 is 0 Å². The molecule has 30 heavy (non-hydrogen) atoms. The van der Waals surface area contributed by atoms with Crippen molar-refractivity contribution in [3.05, 3.63) is 47.7 Å². The largest absolute Gasteiger partial charge is 0.573 e. The van der Waals surface area contributed by atoms with E-state index >= 15 is 0 Å². The number of aromatic nitrogens is 2. The summed E-state index contributed by atoms with van der Waals surface area (Å²) in [5, 5.41) is 9.47. The van der Waals surface area contributed by atoms with Crippen LogP contribution in [0.3, 0.4) is 0 Å². The molecule has 0 bridgehead atoms. The second-order valence-corrected chi connectivity index (χ2v) is 8.71. The van der Waals surface area contributed by atoms with E-state index in [-0.39, 0.29) is 40.1 Å². The summed E-state index contributed by atoms with van der Waals surface area (Å²) in [4.78, 5) is 18.2. The normalized spacial score (nSPS) is 14.4. The lowest BCUT2D eigenvalue weighted by atomic mass is 10.1. The zero-order valence-corrected chi connectivity index (χ0v) is 16.2. The van der Waals surface area contributed by atoms with Crippen molar-refractivity contribution in [2.24, 2.45) is 0 Å². The molecular formula is C18H14F3N3O5S. The molecule has 1 aliphatic rings. The van der Waals surface area contributed by atoms with E-state index in [2.05, 4.69) is 9.72 Å². The average Bonchev–Trinajstić information content (AvgIpc) is 3.18. The number of anilines is 1. The lowest BCUT2D eigenvalue weighted by Gasteiger charge is -2.14. The molecule has 2 aromatic heterocycles. The minimum absolute atomic E-state index is 0.0449. The van der Waals surface area contributed by atoms with Gasteiger partial charge in [0.25, 0.3) is 5.91 Å². The highest BCUT2D eigenvalue weighted by Crippen LogP contribution is 2.36. The Balaban J connectivity index is 1.83. The Bertz CT molecular complexity index is 1280. The fraction of sp³-hybridized carbons (Fsp3) is 0.222. The van der Waals surface area contributed by atoms with Gasteiger partial charge < -0.3 is 9.84 Å². The number of carbonyl (C=O) groups is 1. The summed E-state index contributed by atoms with van der Waals surface area (Å²) in [6.45, 7) is 1.34. The van der Waals surface area contributed by atoms with Gasteiger partial charge in [-0.3, -0.25) is 14.1 Å². The lowest BCUT2D eigenvalue weighted by molar-refractivity contribution is -0.274. The number of sulfone groups is 1. The first kappa shape index (κ1) is 20.0. The van der Waals surface area contributed by atoms with Gasteiger partial charge in [0.2, 0.25) is 0 Å². The average molecular weight is 441 g/mol. The minimum atomic E-state index is -4.92. The number of carbonyl (C=O) groups excluding carboxylic acids is 1. The summed E-state index contributed by atoms with van der Waals surface area (Å²) in [5.74, 6) is -1.93. The Kier molecular flexibility index (Phi) is 4.42. The molecule has 0 unspecified atom stereocenters. The molecule has 1 amide bonds. The zero-order valence-electron chi connectivity index (χ0n) is 15.3. The molecule has 1 N–H and O–H groups in total. The van der Waals surface area contributed by atoms with Gasteiger partial charge in [0, 0.05) is 5.56 Å². The fourth-order valence-electron chi connectivity index (χ4n) is 3.25.